The first-order chi connectivity index (χ1) is 12.6. The second-order valence-corrected chi connectivity index (χ2v) is 6.58. The Morgan fingerprint density at radius 3 is 2.38 bits per heavy atom. The van der Waals surface area contributed by atoms with Crippen molar-refractivity contribution in [2.75, 3.05) is 25.5 Å². The number of ether oxygens (including phenoxy) is 1. The van der Waals surface area contributed by atoms with E-state index in [0.717, 1.165) is 18.4 Å². The van der Waals surface area contributed by atoms with Gasteiger partial charge in [0.25, 0.3) is 11.8 Å². The molecule has 2 amide bonds. The van der Waals surface area contributed by atoms with Gasteiger partial charge in [0.1, 0.15) is 0 Å². The van der Waals surface area contributed by atoms with Crippen molar-refractivity contribution in [3.05, 3.63) is 65.2 Å². The molecule has 1 aliphatic rings. The van der Waals surface area contributed by atoms with Crippen LogP contribution in [0.15, 0.2) is 48.5 Å². The molecule has 1 saturated heterocycles. The summed E-state index contributed by atoms with van der Waals surface area (Å²) < 4.78 is 5.36. The van der Waals surface area contributed by atoms with Crippen LogP contribution in [0.5, 0.6) is 0 Å². The molecular weight excluding hydrogens is 328 g/mol. The maximum Gasteiger partial charge on any atom is 0.255 e. The summed E-state index contributed by atoms with van der Waals surface area (Å²) >= 11 is 0. The monoisotopic (exact) mass is 352 g/mol. The summed E-state index contributed by atoms with van der Waals surface area (Å²) in [7, 11) is 1.71. The summed E-state index contributed by atoms with van der Waals surface area (Å²) in [5.74, 6) is -0.186. The van der Waals surface area contributed by atoms with E-state index < -0.39 is 0 Å². The standard InChI is InChI=1S/C21H24N2O3/c1-15-8-9-17(21(25)23-12-10-18(26-2)11-13-23)14-19(15)22-20(24)16-6-4-3-5-7-16/h3-9,14,18H,10-13H2,1-2H3,(H,22,24). The first-order valence-corrected chi connectivity index (χ1v) is 8.87. The van der Waals surface area contributed by atoms with E-state index in [-0.39, 0.29) is 17.9 Å². The number of carbonyl (C=O) groups is 2. The van der Waals surface area contributed by atoms with Gasteiger partial charge in [-0.15, -0.1) is 0 Å². The minimum atomic E-state index is -0.181. The molecule has 1 N–H and O–H groups in total. The predicted octanol–water partition coefficient (Wildman–Crippen LogP) is 3.50. The van der Waals surface area contributed by atoms with Gasteiger partial charge in [-0.05, 0) is 49.6 Å². The Morgan fingerprint density at radius 1 is 1.04 bits per heavy atom. The molecule has 0 spiro atoms. The van der Waals surface area contributed by atoms with Crippen LogP contribution < -0.4 is 5.32 Å². The number of nitrogens with zero attached hydrogens (tertiary/aromatic N) is 1. The third-order valence-electron chi connectivity index (χ3n) is 4.83. The Morgan fingerprint density at radius 2 is 1.73 bits per heavy atom. The maximum atomic E-state index is 12.8. The number of hydrogen-bond donors (Lipinski definition) is 1. The van der Waals surface area contributed by atoms with Gasteiger partial charge in [-0.25, -0.2) is 0 Å². The molecule has 0 unspecified atom stereocenters. The van der Waals surface area contributed by atoms with Crippen LogP contribution in [0, 0.1) is 6.92 Å². The molecule has 0 radical (unpaired) electrons. The van der Waals surface area contributed by atoms with Crippen LogP contribution in [0.4, 0.5) is 5.69 Å². The smallest absolute Gasteiger partial charge is 0.255 e. The molecule has 0 aliphatic carbocycles. The Hall–Kier alpha value is -2.66. The molecule has 0 atom stereocenters. The van der Waals surface area contributed by atoms with Gasteiger partial charge >= 0.3 is 0 Å². The van der Waals surface area contributed by atoms with E-state index in [9.17, 15) is 9.59 Å². The summed E-state index contributed by atoms with van der Waals surface area (Å²) in [6.07, 6.45) is 1.94. The average molecular weight is 352 g/mol. The SMILES string of the molecule is COC1CCN(C(=O)c2ccc(C)c(NC(=O)c3ccccc3)c2)CC1. The highest BCUT2D eigenvalue weighted by Crippen LogP contribution is 2.21. The summed E-state index contributed by atoms with van der Waals surface area (Å²) in [5, 5.41) is 2.91. The van der Waals surface area contributed by atoms with E-state index in [1.54, 1.807) is 25.3 Å². The number of amides is 2. The van der Waals surface area contributed by atoms with Crippen LogP contribution >= 0.6 is 0 Å². The van der Waals surface area contributed by atoms with Gasteiger partial charge in [-0.3, -0.25) is 9.59 Å². The summed E-state index contributed by atoms with van der Waals surface area (Å²) in [5.41, 5.74) is 2.76. The highest BCUT2D eigenvalue weighted by atomic mass is 16.5. The van der Waals surface area contributed by atoms with E-state index in [0.29, 0.717) is 29.9 Å². The van der Waals surface area contributed by atoms with Crippen molar-refractivity contribution in [2.45, 2.75) is 25.9 Å². The summed E-state index contributed by atoms with van der Waals surface area (Å²) in [6, 6.07) is 14.5. The molecule has 0 aromatic heterocycles. The van der Waals surface area contributed by atoms with Crippen molar-refractivity contribution in [3.63, 3.8) is 0 Å². The van der Waals surface area contributed by atoms with Crippen molar-refractivity contribution in [2.24, 2.45) is 0 Å². The topological polar surface area (TPSA) is 58.6 Å². The number of piperidine rings is 1. The quantitative estimate of drug-likeness (QED) is 0.916. The number of carbonyl (C=O) groups excluding carboxylic acids is 2. The lowest BCUT2D eigenvalue weighted by molar-refractivity contribution is 0.0350. The first kappa shape index (κ1) is 18.1. The van der Waals surface area contributed by atoms with Gasteiger partial charge in [-0.1, -0.05) is 24.3 Å². The van der Waals surface area contributed by atoms with Crippen LogP contribution in [0.25, 0.3) is 0 Å². The Labute approximate surface area is 154 Å². The number of hydrogen-bond acceptors (Lipinski definition) is 3. The first-order valence-electron chi connectivity index (χ1n) is 8.87. The fourth-order valence-corrected chi connectivity index (χ4v) is 3.15. The summed E-state index contributed by atoms with van der Waals surface area (Å²) in [6.45, 7) is 3.30. The number of rotatable bonds is 4. The third-order valence-corrected chi connectivity index (χ3v) is 4.83. The fourth-order valence-electron chi connectivity index (χ4n) is 3.15. The highest BCUT2D eigenvalue weighted by Gasteiger charge is 2.23. The van der Waals surface area contributed by atoms with Crippen LogP contribution in [0.2, 0.25) is 0 Å². The lowest BCUT2D eigenvalue weighted by Crippen LogP contribution is -2.40. The number of likely N-dealkylation sites (tertiary alicyclic amines) is 1. The van der Waals surface area contributed by atoms with Crippen molar-refractivity contribution >= 4 is 17.5 Å². The number of benzene rings is 2. The van der Waals surface area contributed by atoms with Crippen LogP contribution in [-0.2, 0) is 4.74 Å². The molecule has 1 aliphatic heterocycles. The lowest BCUT2D eigenvalue weighted by atomic mass is 10.0. The largest absolute Gasteiger partial charge is 0.381 e. The number of aryl methyl sites for hydroxylation is 1. The molecule has 26 heavy (non-hydrogen) atoms. The molecule has 0 bridgehead atoms. The maximum absolute atomic E-state index is 12.8. The molecule has 136 valence electrons. The second-order valence-electron chi connectivity index (χ2n) is 6.58. The molecule has 3 rings (SSSR count). The van der Waals surface area contributed by atoms with E-state index in [1.165, 1.54) is 0 Å². The van der Waals surface area contributed by atoms with Crippen molar-refractivity contribution < 1.29 is 14.3 Å². The second kappa shape index (κ2) is 8.15. The number of methoxy groups -OCH3 is 1. The zero-order valence-corrected chi connectivity index (χ0v) is 15.2. The number of anilines is 1. The van der Waals surface area contributed by atoms with E-state index in [4.69, 9.17) is 4.74 Å². The molecular formula is C21H24N2O3. The van der Waals surface area contributed by atoms with Gasteiger partial charge in [0.05, 0.1) is 6.10 Å². The lowest BCUT2D eigenvalue weighted by Gasteiger charge is -2.31. The number of nitrogens with one attached hydrogen (secondary N) is 1. The molecule has 5 heteroatoms. The van der Waals surface area contributed by atoms with E-state index >= 15 is 0 Å². The predicted molar refractivity (Wildman–Crippen MR) is 102 cm³/mol. The van der Waals surface area contributed by atoms with Crippen LogP contribution in [0.1, 0.15) is 39.1 Å². The van der Waals surface area contributed by atoms with Crippen molar-refractivity contribution in [3.8, 4) is 0 Å². The third kappa shape index (κ3) is 4.11. The van der Waals surface area contributed by atoms with Crippen LogP contribution in [0.3, 0.4) is 0 Å². The average Bonchev–Trinajstić information content (AvgIpc) is 2.70. The zero-order valence-electron chi connectivity index (χ0n) is 15.2. The molecule has 2 aromatic rings. The Kier molecular flexibility index (Phi) is 5.68. The normalized spacial score (nSPS) is 14.9. The van der Waals surface area contributed by atoms with Crippen molar-refractivity contribution in [1.29, 1.82) is 0 Å². The van der Waals surface area contributed by atoms with Gasteiger partial charge < -0.3 is 15.0 Å². The van der Waals surface area contributed by atoms with E-state index in [2.05, 4.69) is 5.32 Å². The zero-order chi connectivity index (χ0) is 18.5. The minimum Gasteiger partial charge on any atom is -0.381 e. The van der Waals surface area contributed by atoms with Crippen LogP contribution in [-0.4, -0.2) is 43.0 Å². The Bertz CT molecular complexity index is 781. The molecule has 1 fully saturated rings. The van der Waals surface area contributed by atoms with Crippen molar-refractivity contribution in [1.82, 2.24) is 4.90 Å². The van der Waals surface area contributed by atoms with E-state index in [1.807, 2.05) is 42.2 Å². The fraction of sp³-hybridized carbons (Fsp3) is 0.333. The molecule has 1 heterocycles. The Balaban J connectivity index is 1.73. The molecule has 5 nitrogen and oxygen atoms in total. The highest BCUT2D eigenvalue weighted by molar-refractivity contribution is 6.05. The minimum absolute atomic E-state index is 0.00485. The summed E-state index contributed by atoms with van der Waals surface area (Å²) in [4.78, 5) is 27.0. The van der Waals surface area contributed by atoms with Gasteiger partial charge in [0, 0.05) is 37.0 Å². The molecule has 0 saturated carbocycles. The van der Waals surface area contributed by atoms with Gasteiger partial charge in [0.2, 0.25) is 0 Å². The van der Waals surface area contributed by atoms with Gasteiger partial charge in [0.15, 0.2) is 0 Å². The molecule has 2 aromatic carbocycles. The van der Waals surface area contributed by atoms with Gasteiger partial charge in [-0.2, -0.15) is 0 Å².